The lowest BCUT2D eigenvalue weighted by Gasteiger charge is -2.41. The molecule has 2 fully saturated rings. The van der Waals surface area contributed by atoms with Gasteiger partial charge in [-0.1, -0.05) is 57.2 Å². The van der Waals surface area contributed by atoms with Crippen molar-refractivity contribution < 1.29 is 18.7 Å². The van der Waals surface area contributed by atoms with E-state index in [1.165, 1.54) is 17.7 Å². The number of hydrogen-bond acceptors (Lipinski definition) is 3. The molecule has 0 radical (unpaired) electrons. The van der Waals surface area contributed by atoms with Crippen molar-refractivity contribution in [3.8, 4) is 0 Å². The molecular weight excluding hydrogens is 482 g/mol. The zero-order chi connectivity index (χ0) is 27.3. The highest BCUT2D eigenvalue weighted by Gasteiger charge is 2.41. The summed E-state index contributed by atoms with van der Waals surface area (Å²) in [6, 6.07) is 14.4. The number of nitrogens with zero attached hydrogens (tertiary/aromatic N) is 2. The number of aryl methyl sites for hydroxylation is 1. The minimum absolute atomic E-state index is 0.265. The number of carboxylic acids is 1. The number of likely N-dealkylation sites (tertiary alicyclic amines) is 2. The third-order valence-corrected chi connectivity index (χ3v) is 8.90. The minimum Gasteiger partial charge on any atom is -0.480 e. The van der Waals surface area contributed by atoms with E-state index in [1.807, 2.05) is 6.07 Å². The zero-order valence-electron chi connectivity index (χ0n) is 23.2. The number of benzene rings is 2. The van der Waals surface area contributed by atoms with Crippen LogP contribution in [0.2, 0.25) is 0 Å². The molecule has 4 rings (SSSR count). The van der Waals surface area contributed by atoms with E-state index in [2.05, 4.69) is 54.8 Å². The fourth-order valence-corrected chi connectivity index (χ4v) is 6.55. The molecule has 2 heterocycles. The maximum Gasteiger partial charge on any atom is 0.320 e. The number of piperidine rings is 1. The molecule has 0 aromatic heterocycles. The molecule has 3 atom stereocenters. The number of hydrogen-bond donors (Lipinski definition) is 1. The fraction of sp³-hybridized carbons (Fsp3) is 0.594. The monoisotopic (exact) mass is 526 g/mol. The Morgan fingerprint density at radius 3 is 2.39 bits per heavy atom. The normalized spacial score (nSPS) is 23.1. The molecule has 2 aliphatic rings. The van der Waals surface area contributed by atoms with Crippen LogP contribution in [0.25, 0.3) is 0 Å². The smallest absolute Gasteiger partial charge is 0.320 e. The second-order valence-electron chi connectivity index (χ2n) is 12.4. The molecule has 0 saturated carbocycles. The first-order valence-electron chi connectivity index (χ1n) is 14.3. The van der Waals surface area contributed by atoms with Crippen molar-refractivity contribution in [2.45, 2.75) is 71.3 Å². The lowest BCUT2D eigenvalue weighted by molar-refractivity contribution is -0.143. The van der Waals surface area contributed by atoms with Gasteiger partial charge in [0.15, 0.2) is 11.6 Å². The van der Waals surface area contributed by atoms with E-state index in [-0.39, 0.29) is 5.41 Å². The van der Waals surface area contributed by atoms with Crippen LogP contribution < -0.4 is 0 Å². The molecule has 38 heavy (non-hydrogen) atoms. The molecule has 208 valence electrons. The Labute approximate surface area is 227 Å². The highest BCUT2D eigenvalue weighted by atomic mass is 19.2. The predicted octanol–water partition coefficient (Wildman–Crippen LogP) is 6.60. The van der Waals surface area contributed by atoms with Crippen LogP contribution in [0.4, 0.5) is 8.78 Å². The fourth-order valence-electron chi connectivity index (χ4n) is 6.55. The van der Waals surface area contributed by atoms with Gasteiger partial charge < -0.3 is 10.0 Å². The van der Waals surface area contributed by atoms with Crippen molar-refractivity contribution in [2.24, 2.45) is 17.3 Å². The Bertz CT molecular complexity index is 1050. The van der Waals surface area contributed by atoms with E-state index in [4.69, 9.17) is 0 Å². The van der Waals surface area contributed by atoms with Gasteiger partial charge in [-0.25, -0.2) is 8.78 Å². The maximum absolute atomic E-state index is 13.5. The molecule has 0 spiro atoms. The Balaban J connectivity index is 1.34. The van der Waals surface area contributed by atoms with Crippen LogP contribution in [0.5, 0.6) is 0 Å². The van der Waals surface area contributed by atoms with Crippen LogP contribution >= 0.6 is 0 Å². The summed E-state index contributed by atoms with van der Waals surface area (Å²) < 4.78 is 26.7. The van der Waals surface area contributed by atoms with Gasteiger partial charge in [-0.05, 0) is 92.1 Å². The zero-order valence-corrected chi connectivity index (χ0v) is 23.2. The van der Waals surface area contributed by atoms with Crippen LogP contribution in [-0.2, 0) is 11.2 Å². The highest BCUT2D eigenvalue weighted by Crippen LogP contribution is 2.39. The summed E-state index contributed by atoms with van der Waals surface area (Å²) in [5, 5.41) is 9.99. The molecule has 0 aliphatic carbocycles. The van der Waals surface area contributed by atoms with Gasteiger partial charge in [-0.15, -0.1) is 0 Å². The van der Waals surface area contributed by atoms with Crippen LogP contribution in [0.1, 0.15) is 69.9 Å². The van der Waals surface area contributed by atoms with E-state index >= 15 is 0 Å². The summed E-state index contributed by atoms with van der Waals surface area (Å²) >= 11 is 0. The Hall–Kier alpha value is -2.31. The molecule has 2 aromatic rings. The summed E-state index contributed by atoms with van der Waals surface area (Å²) in [6.45, 7) is 11.3. The van der Waals surface area contributed by atoms with Gasteiger partial charge in [0, 0.05) is 25.6 Å². The number of halogens is 2. The van der Waals surface area contributed by atoms with Gasteiger partial charge >= 0.3 is 5.97 Å². The summed E-state index contributed by atoms with van der Waals surface area (Å²) in [5.74, 6) is -1.17. The van der Waals surface area contributed by atoms with Gasteiger partial charge in [-0.3, -0.25) is 9.69 Å². The standard InChI is InChI=1S/C32H44F2N2O2/c1-23(2)18-30(31(37)38)36-21-26(27(22-36)25-9-5-4-6-10-25)20-35-16-14-32(3,15-17-35)13-7-8-24-11-12-28(33)29(34)19-24/h4-6,9-12,19,23,26-27,30H,7-8,13-18,20-22H2,1-3H3,(H,37,38). The van der Waals surface area contributed by atoms with E-state index < -0.39 is 23.6 Å². The van der Waals surface area contributed by atoms with Crippen LogP contribution in [-0.4, -0.2) is 59.6 Å². The SMILES string of the molecule is CC(C)CC(C(=O)O)N1CC(CN2CCC(C)(CCCc3ccc(F)c(F)c3)CC2)C(c2ccccc2)C1. The Morgan fingerprint density at radius 2 is 1.76 bits per heavy atom. The predicted molar refractivity (Wildman–Crippen MR) is 148 cm³/mol. The van der Waals surface area contributed by atoms with Crippen LogP contribution in [0, 0.1) is 28.9 Å². The van der Waals surface area contributed by atoms with Crippen molar-refractivity contribution in [3.63, 3.8) is 0 Å². The minimum atomic E-state index is -0.786. The maximum atomic E-state index is 13.5. The van der Waals surface area contributed by atoms with Crippen LogP contribution in [0.15, 0.2) is 48.5 Å². The largest absolute Gasteiger partial charge is 0.480 e. The second-order valence-corrected chi connectivity index (χ2v) is 12.4. The van der Waals surface area contributed by atoms with Gasteiger partial charge in [0.1, 0.15) is 6.04 Å². The molecule has 2 saturated heterocycles. The van der Waals surface area contributed by atoms with Crippen molar-refractivity contribution in [3.05, 3.63) is 71.3 Å². The molecule has 6 heteroatoms. The van der Waals surface area contributed by atoms with Crippen molar-refractivity contribution in [2.75, 3.05) is 32.7 Å². The molecule has 0 amide bonds. The van der Waals surface area contributed by atoms with Gasteiger partial charge in [-0.2, -0.15) is 0 Å². The Morgan fingerprint density at radius 1 is 1.05 bits per heavy atom. The summed E-state index contributed by atoms with van der Waals surface area (Å²) in [4.78, 5) is 17.0. The topological polar surface area (TPSA) is 43.8 Å². The Kier molecular flexibility index (Phi) is 9.59. The number of aliphatic carboxylic acids is 1. The second kappa shape index (κ2) is 12.7. The molecule has 0 bridgehead atoms. The van der Waals surface area contributed by atoms with Crippen molar-refractivity contribution in [1.82, 2.24) is 9.80 Å². The van der Waals surface area contributed by atoms with Crippen molar-refractivity contribution >= 4 is 5.97 Å². The van der Waals surface area contributed by atoms with Crippen molar-refractivity contribution in [1.29, 1.82) is 0 Å². The first kappa shape index (κ1) is 28.7. The molecule has 3 unspecified atom stereocenters. The first-order chi connectivity index (χ1) is 18.1. The average molecular weight is 527 g/mol. The van der Waals surface area contributed by atoms with Crippen LogP contribution in [0.3, 0.4) is 0 Å². The molecule has 1 N–H and O–H groups in total. The number of rotatable bonds is 11. The quantitative estimate of drug-likeness (QED) is 0.358. The number of carbonyl (C=O) groups is 1. The van der Waals surface area contributed by atoms with Gasteiger partial charge in [0.2, 0.25) is 0 Å². The third-order valence-electron chi connectivity index (χ3n) is 8.90. The lowest BCUT2D eigenvalue weighted by Crippen LogP contribution is -2.43. The molecule has 2 aliphatic heterocycles. The van der Waals surface area contributed by atoms with Gasteiger partial charge in [0.05, 0.1) is 0 Å². The number of carboxylic acid groups (broad SMARTS) is 1. The van der Waals surface area contributed by atoms with E-state index in [0.29, 0.717) is 24.2 Å². The lowest BCUT2D eigenvalue weighted by atomic mass is 9.76. The molecular formula is C32H44F2N2O2. The van der Waals surface area contributed by atoms with Gasteiger partial charge in [0.25, 0.3) is 0 Å². The first-order valence-corrected chi connectivity index (χ1v) is 14.3. The van der Waals surface area contributed by atoms with E-state index in [0.717, 1.165) is 70.4 Å². The summed E-state index contributed by atoms with van der Waals surface area (Å²) in [5.41, 5.74) is 2.44. The third kappa shape index (κ3) is 7.41. The highest BCUT2D eigenvalue weighted by molar-refractivity contribution is 5.73. The average Bonchev–Trinajstić information content (AvgIpc) is 3.30. The van der Waals surface area contributed by atoms with E-state index in [1.54, 1.807) is 6.07 Å². The summed E-state index contributed by atoms with van der Waals surface area (Å²) in [7, 11) is 0. The van der Waals surface area contributed by atoms with E-state index in [9.17, 15) is 18.7 Å². The summed E-state index contributed by atoms with van der Waals surface area (Å²) in [6.07, 6.45) is 5.76. The molecule has 2 aromatic carbocycles. The molecule has 4 nitrogen and oxygen atoms in total.